The van der Waals surface area contributed by atoms with E-state index in [2.05, 4.69) is 4.90 Å². The second kappa shape index (κ2) is 6.10. The zero-order chi connectivity index (χ0) is 14.9. The maximum atomic E-state index is 11.5. The van der Waals surface area contributed by atoms with Gasteiger partial charge in [0.1, 0.15) is 15.6 Å². The second-order valence-corrected chi connectivity index (χ2v) is 8.34. The van der Waals surface area contributed by atoms with Gasteiger partial charge < -0.3 is 5.11 Å². The molecule has 1 heterocycles. The molecule has 0 spiro atoms. The molecule has 0 bridgehead atoms. The highest BCUT2D eigenvalue weighted by atomic mass is 35.5. The molecule has 0 saturated carbocycles. The molecule has 0 aromatic heterocycles. The van der Waals surface area contributed by atoms with Crippen molar-refractivity contribution < 1.29 is 13.5 Å². The Labute approximate surface area is 129 Å². The van der Waals surface area contributed by atoms with Crippen LogP contribution in [0.2, 0.25) is 10.0 Å². The fourth-order valence-electron chi connectivity index (χ4n) is 2.44. The van der Waals surface area contributed by atoms with Gasteiger partial charge in [0.25, 0.3) is 0 Å². The van der Waals surface area contributed by atoms with Crippen LogP contribution < -0.4 is 0 Å². The summed E-state index contributed by atoms with van der Waals surface area (Å²) in [6, 6.07) is 3.09. The van der Waals surface area contributed by atoms with Crippen LogP contribution in [0.1, 0.15) is 18.4 Å². The molecule has 0 amide bonds. The number of benzene rings is 1. The number of piperidine rings is 1. The van der Waals surface area contributed by atoms with Gasteiger partial charge in [-0.1, -0.05) is 23.2 Å². The quantitative estimate of drug-likeness (QED) is 0.921. The summed E-state index contributed by atoms with van der Waals surface area (Å²) in [6.07, 6.45) is 2.54. The molecule has 1 N–H and O–H groups in total. The van der Waals surface area contributed by atoms with Gasteiger partial charge in [-0.15, -0.1) is 0 Å². The summed E-state index contributed by atoms with van der Waals surface area (Å²) in [7, 11) is -2.96. The van der Waals surface area contributed by atoms with Crippen molar-refractivity contribution in [3.05, 3.63) is 27.7 Å². The lowest BCUT2D eigenvalue weighted by molar-refractivity contribution is 0.220. The Morgan fingerprint density at radius 1 is 1.25 bits per heavy atom. The van der Waals surface area contributed by atoms with E-state index in [-0.39, 0.29) is 11.0 Å². The number of phenols is 1. The first-order valence-electron chi connectivity index (χ1n) is 6.35. The fraction of sp³-hybridized carbons (Fsp3) is 0.538. The van der Waals surface area contributed by atoms with Crippen molar-refractivity contribution in [1.82, 2.24) is 4.90 Å². The van der Waals surface area contributed by atoms with E-state index < -0.39 is 9.84 Å². The Kier molecular flexibility index (Phi) is 4.84. The first-order chi connectivity index (χ1) is 9.27. The summed E-state index contributed by atoms with van der Waals surface area (Å²) in [6.45, 7) is 1.92. The van der Waals surface area contributed by atoms with Crippen LogP contribution in [0.15, 0.2) is 12.1 Å². The summed E-state index contributed by atoms with van der Waals surface area (Å²) < 4.78 is 23.0. The third kappa shape index (κ3) is 3.79. The molecule has 2 rings (SSSR count). The van der Waals surface area contributed by atoms with E-state index in [0.717, 1.165) is 0 Å². The number of likely N-dealkylation sites (tertiary alicyclic amines) is 1. The summed E-state index contributed by atoms with van der Waals surface area (Å²) in [5, 5.41) is 10.3. The molecule has 0 radical (unpaired) electrons. The van der Waals surface area contributed by atoms with Crippen molar-refractivity contribution in [2.24, 2.45) is 0 Å². The Bertz CT molecular complexity index is 596. The molecular formula is C13H17Cl2NO3S. The Balaban J connectivity index is 2.01. The van der Waals surface area contributed by atoms with E-state index in [1.165, 1.54) is 12.3 Å². The lowest BCUT2D eigenvalue weighted by Crippen LogP contribution is -2.38. The number of hydrogen-bond donors (Lipinski definition) is 1. The standard InChI is InChI=1S/C13H17Cl2NO3S/c1-20(18,19)10-2-4-16(5-3-10)8-9-6-11(14)12(15)7-13(9)17/h6-7,10,17H,2-5,8H2,1H3. The summed E-state index contributed by atoms with van der Waals surface area (Å²) >= 11 is 11.8. The number of hydrogen-bond acceptors (Lipinski definition) is 4. The summed E-state index contributed by atoms with van der Waals surface area (Å²) in [5.74, 6) is 0.115. The highest BCUT2D eigenvalue weighted by molar-refractivity contribution is 7.91. The number of nitrogens with zero attached hydrogens (tertiary/aromatic N) is 1. The topological polar surface area (TPSA) is 57.6 Å². The van der Waals surface area contributed by atoms with Crippen molar-refractivity contribution in [2.75, 3.05) is 19.3 Å². The van der Waals surface area contributed by atoms with Crippen molar-refractivity contribution in [3.8, 4) is 5.75 Å². The Morgan fingerprint density at radius 2 is 1.80 bits per heavy atom. The molecule has 20 heavy (non-hydrogen) atoms. The molecule has 1 aromatic rings. The first-order valence-corrected chi connectivity index (χ1v) is 9.06. The summed E-state index contributed by atoms with van der Waals surface area (Å²) in [4.78, 5) is 2.11. The van der Waals surface area contributed by atoms with Crippen LogP contribution in [-0.4, -0.2) is 43.0 Å². The van der Waals surface area contributed by atoms with Crippen molar-refractivity contribution in [3.63, 3.8) is 0 Å². The highest BCUT2D eigenvalue weighted by Gasteiger charge is 2.26. The van der Waals surface area contributed by atoms with Crippen LogP contribution in [-0.2, 0) is 16.4 Å². The van der Waals surface area contributed by atoms with E-state index in [1.807, 2.05) is 0 Å². The normalized spacial score (nSPS) is 18.4. The average molecular weight is 338 g/mol. The molecule has 0 aliphatic carbocycles. The Morgan fingerprint density at radius 3 is 2.35 bits per heavy atom. The van der Waals surface area contributed by atoms with Gasteiger partial charge in [0.05, 0.1) is 15.3 Å². The Hall–Kier alpha value is -0.490. The number of rotatable bonds is 3. The number of aromatic hydroxyl groups is 1. The van der Waals surface area contributed by atoms with Crippen LogP contribution in [0.25, 0.3) is 0 Å². The van der Waals surface area contributed by atoms with Gasteiger partial charge in [0.15, 0.2) is 0 Å². The predicted molar refractivity (Wildman–Crippen MR) is 81.3 cm³/mol. The van der Waals surface area contributed by atoms with Crippen LogP contribution in [0.4, 0.5) is 0 Å². The van der Waals surface area contributed by atoms with E-state index in [9.17, 15) is 13.5 Å². The van der Waals surface area contributed by atoms with Gasteiger partial charge in [-0.2, -0.15) is 0 Å². The molecule has 1 aliphatic rings. The summed E-state index contributed by atoms with van der Waals surface area (Å²) in [5.41, 5.74) is 0.706. The molecular weight excluding hydrogens is 321 g/mol. The second-order valence-electron chi connectivity index (χ2n) is 5.20. The third-order valence-electron chi connectivity index (χ3n) is 3.66. The molecule has 1 saturated heterocycles. The van der Waals surface area contributed by atoms with E-state index in [1.54, 1.807) is 6.07 Å². The lowest BCUT2D eigenvalue weighted by Gasteiger charge is -2.31. The van der Waals surface area contributed by atoms with E-state index in [4.69, 9.17) is 23.2 Å². The predicted octanol–water partition coefficient (Wildman–Crippen LogP) is 2.71. The minimum atomic E-state index is -2.96. The fourth-order valence-corrected chi connectivity index (χ4v) is 3.85. The minimum Gasteiger partial charge on any atom is -0.508 e. The van der Waals surface area contributed by atoms with E-state index in [0.29, 0.717) is 48.1 Å². The van der Waals surface area contributed by atoms with Gasteiger partial charge in [0, 0.05) is 24.4 Å². The maximum absolute atomic E-state index is 11.5. The van der Waals surface area contributed by atoms with E-state index >= 15 is 0 Å². The zero-order valence-electron chi connectivity index (χ0n) is 11.1. The highest BCUT2D eigenvalue weighted by Crippen LogP contribution is 2.31. The molecule has 4 nitrogen and oxygen atoms in total. The SMILES string of the molecule is CS(=O)(=O)C1CCN(Cc2cc(Cl)c(Cl)cc2O)CC1. The van der Waals surface area contributed by atoms with Gasteiger partial charge in [-0.3, -0.25) is 4.90 Å². The van der Waals surface area contributed by atoms with Gasteiger partial charge in [0.2, 0.25) is 0 Å². The number of sulfone groups is 1. The monoisotopic (exact) mass is 337 g/mol. The van der Waals surface area contributed by atoms with Crippen molar-refractivity contribution >= 4 is 33.0 Å². The van der Waals surface area contributed by atoms with Crippen LogP contribution in [0, 0.1) is 0 Å². The van der Waals surface area contributed by atoms with Crippen LogP contribution in [0.5, 0.6) is 5.75 Å². The van der Waals surface area contributed by atoms with Crippen LogP contribution >= 0.6 is 23.2 Å². The van der Waals surface area contributed by atoms with Crippen LogP contribution in [0.3, 0.4) is 0 Å². The van der Waals surface area contributed by atoms with Crippen molar-refractivity contribution in [1.29, 1.82) is 0 Å². The molecule has 1 aliphatic heterocycles. The number of phenolic OH excluding ortho intramolecular Hbond substituents is 1. The number of halogens is 2. The maximum Gasteiger partial charge on any atom is 0.150 e. The molecule has 7 heteroatoms. The molecule has 1 aromatic carbocycles. The van der Waals surface area contributed by atoms with Gasteiger partial charge >= 0.3 is 0 Å². The molecule has 0 unspecified atom stereocenters. The van der Waals surface area contributed by atoms with Gasteiger partial charge in [-0.05, 0) is 32.0 Å². The van der Waals surface area contributed by atoms with Gasteiger partial charge in [-0.25, -0.2) is 8.42 Å². The lowest BCUT2D eigenvalue weighted by atomic mass is 10.1. The molecule has 1 fully saturated rings. The smallest absolute Gasteiger partial charge is 0.150 e. The van der Waals surface area contributed by atoms with Crippen molar-refractivity contribution in [2.45, 2.75) is 24.6 Å². The third-order valence-corrected chi connectivity index (χ3v) is 6.06. The largest absolute Gasteiger partial charge is 0.508 e. The first kappa shape index (κ1) is 15.9. The zero-order valence-corrected chi connectivity index (χ0v) is 13.5. The molecule has 112 valence electrons. The minimum absolute atomic E-state index is 0.115. The molecule has 0 atom stereocenters. The average Bonchev–Trinajstić information content (AvgIpc) is 2.35.